The molecule has 2 aromatic carbocycles. The monoisotopic (exact) mass is 663 g/mol. The number of phenols is 1. The lowest BCUT2D eigenvalue weighted by molar-refractivity contribution is 0.0526. The number of hydrogen-bond donors (Lipinski definition) is 3. The molecule has 0 saturated carbocycles. The Labute approximate surface area is 284 Å². The van der Waals surface area contributed by atoms with E-state index in [2.05, 4.69) is 41.1 Å². The average Bonchev–Trinajstić information content (AvgIpc) is 3.52. The molecular formula is C36H50ClN7O3. The van der Waals surface area contributed by atoms with Crippen LogP contribution in [0.1, 0.15) is 62.3 Å². The van der Waals surface area contributed by atoms with Gasteiger partial charge in [0.05, 0.1) is 18.4 Å². The molecule has 1 fully saturated rings. The van der Waals surface area contributed by atoms with Crippen LogP contribution < -0.4 is 10.6 Å². The first-order valence-electron chi connectivity index (χ1n) is 16.2. The molecule has 3 aromatic rings. The second kappa shape index (κ2) is 17.8. The van der Waals surface area contributed by atoms with E-state index in [4.69, 9.17) is 16.6 Å². The molecule has 3 heterocycles. The highest BCUT2D eigenvalue weighted by Crippen LogP contribution is 2.34. The van der Waals surface area contributed by atoms with Crippen molar-refractivity contribution in [3.05, 3.63) is 88.3 Å². The SMILES string of the molecule is C=N/C=C(/C)C(=Nc1ccc(N2CCN(C(C)C)CC2)cc1O)c1cc2n(c1)CCN(C(CO)c1cccc(Cl)c1)C2=O.CC.CN. The van der Waals surface area contributed by atoms with Crippen molar-refractivity contribution in [2.45, 2.75) is 53.2 Å². The molecule has 4 N–H and O–H groups in total. The summed E-state index contributed by atoms with van der Waals surface area (Å²) in [5, 5.41) is 21.8. The van der Waals surface area contributed by atoms with Crippen LogP contribution in [0.25, 0.3) is 0 Å². The molecule has 11 heteroatoms. The maximum Gasteiger partial charge on any atom is 0.271 e. The molecule has 47 heavy (non-hydrogen) atoms. The molecule has 0 radical (unpaired) electrons. The Bertz CT molecular complexity index is 1560. The second-order valence-electron chi connectivity index (χ2n) is 11.3. The molecule has 1 atom stereocenters. The first-order chi connectivity index (χ1) is 22.7. The highest BCUT2D eigenvalue weighted by molar-refractivity contribution is 6.30. The summed E-state index contributed by atoms with van der Waals surface area (Å²) >= 11 is 6.20. The van der Waals surface area contributed by atoms with Crippen molar-refractivity contribution in [2.75, 3.05) is 51.3 Å². The molecule has 10 nitrogen and oxygen atoms in total. The Morgan fingerprint density at radius 3 is 2.34 bits per heavy atom. The van der Waals surface area contributed by atoms with E-state index in [1.54, 1.807) is 35.4 Å². The van der Waals surface area contributed by atoms with Crippen LogP contribution in [-0.2, 0) is 6.54 Å². The Balaban J connectivity index is 0.00000144. The number of carbonyl (C=O) groups excluding carboxylic acids is 1. The lowest BCUT2D eigenvalue weighted by Gasteiger charge is -2.38. The minimum Gasteiger partial charge on any atom is -0.506 e. The number of aliphatic imine (C=N–C) groups is 2. The van der Waals surface area contributed by atoms with E-state index in [1.165, 1.54) is 7.05 Å². The largest absolute Gasteiger partial charge is 0.506 e. The number of benzene rings is 2. The first kappa shape index (κ1) is 37.5. The molecule has 1 unspecified atom stereocenters. The van der Waals surface area contributed by atoms with E-state index in [-0.39, 0.29) is 18.3 Å². The predicted octanol–water partition coefficient (Wildman–Crippen LogP) is 5.89. The zero-order chi connectivity index (χ0) is 34.7. The van der Waals surface area contributed by atoms with Gasteiger partial charge in [0.2, 0.25) is 0 Å². The van der Waals surface area contributed by atoms with Gasteiger partial charge in [-0.1, -0.05) is 37.6 Å². The van der Waals surface area contributed by atoms with Crippen molar-refractivity contribution < 1.29 is 15.0 Å². The average molecular weight is 664 g/mol. The van der Waals surface area contributed by atoms with Crippen molar-refractivity contribution in [1.29, 1.82) is 0 Å². The van der Waals surface area contributed by atoms with E-state index in [9.17, 15) is 15.0 Å². The van der Waals surface area contributed by atoms with E-state index in [0.29, 0.717) is 41.2 Å². The van der Waals surface area contributed by atoms with E-state index < -0.39 is 6.04 Å². The van der Waals surface area contributed by atoms with Crippen LogP contribution in [0.3, 0.4) is 0 Å². The Hall–Kier alpha value is -3.96. The van der Waals surface area contributed by atoms with Gasteiger partial charge in [0.25, 0.3) is 5.91 Å². The molecule has 2 aliphatic heterocycles. The van der Waals surface area contributed by atoms with E-state index in [0.717, 1.165) is 48.6 Å². The maximum atomic E-state index is 13.7. The zero-order valence-electron chi connectivity index (χ0n) is 28.5. The summed E-state index contributed by atoms with van der Waals surface area (Å²) in [5.41, 5.74) is 9.20. The highest BCUT2D eigenvalue weighted by atomic mass is 35.5. The fraction of sp³-hybridized carbons (Fsp3) is 0.417. The number of aliphatic hydroxyl groups excluding tert-OH is 1. The van der Waals surface area contributed by atoms with Crippen molar-refractivity contribution in [2.24, 2.45) is 15.7 Å². The number of aromatic hydroxyl groups is 1. The van der Waals surface area contributed by atoms with Crippen LogP contribution >= 0.6 is 11.6 Å². The van der Waals surface area contributed by atoms with Crippen LogP contribution in [0.2, 0.25) is 5.02 Å². The normalized spacial score (nSPS) is 16.2. The van der Waals surface area contributed by atoms with Gasteiger partial charge in [0, 0.05) is 80.0 Å². The van der Waals surface area contributed by atoms with Gasteiger partial charge in [0.15, 0.2) is 0 Å². The third-order valence-electron chi connectivity index (χ3n) is 8.27. The third kappa shape index (κ3) is 8.90. The van der Waals surface area contributed by atoms with Gasteiger partial charge in [-0.3, -0.25) is 14.7 Å². The quantitative estimate of drug-likeness (QED) is 0.245. The van der Waals surface area contributed by atoms with Gasteiger partial charge in [0.1, 0.15) is 17.1 Å². The van der Waals surface area contributed by atoms with Crippen molar-refractivity contribution in [3.8, 4) is 5.75 Å². The van der Waals surface area contributed by atoms with Crippen molar-refractivity contribution >= 4 is 41.3 Å². The number of aromatic nitrogens is 1. The number of nitrogens with two attached hydrogens (primary N) is 1. The van der Waals surface area contributed by atoms with Crippen molar-refractivity contribution in [3.63, 3.8) is 0 Å². The van der Waals surface area contributed by atoms with Crippen LogP contribution in [0, 0.1) is 0 Å². The molecule has 2 aliphatic rings. The molecule has 0 aliphatic carbocycles. The molecule has 1 aromatic heterocycles. The minimum absolute atomic E-state index is 0.0826. The number of piperazine rings is 1. The van der Waals surface area contributed by atoms with Crippen LogP contribution in [0.4, 0.5) is 11.4 Å². The molecule has 0 bridgehead atoms. The number of fused-ring (bicyclic) bond motifs is 1. The fourth-order valence-electron chi connectivity index (χ4n) is 5.86. The van der Waals surface area contributed by atoms with Crippen LogP contribution in [0.15, 0.2) is 76.5 Å². The summed E-state index contributed by atoms with van der Waals surface area (Å²) in [6, 6.07) is 14.6. The number of anilines is 1. The van der Waals surface area contributed by atoms with Crippen LogP contribution in [-0.4, -0.2) is 95.3 Å². The number of phenolic OH excluding ortho intramolecular Hbond substituents is 1. The summed E-state index contributed by atoms with van der Waals surface area (Å²) in [4.78, 5) is 28.9. The summed E-state index contributed by atoms with van der Waals surface area (Å²) in [5.74, 6) is -0.108. The molecule has 254 valence electrons. The highest BCUT2D eigenvalue weighted by Gasteiger charge is 2.32. The second-order valence-corrected chi connectivity index (χ2v) is 11.7. The van der Waals surface area contributed by atoms with Gasteiger partial charge in [-0.2, -0.15) is 0 Å². The predicted molar refractivity (Wildman–Crippen MR) is 195 cm³/mol. The Morgan fingerprint density at radius 1 is 1.04 bits per heavy atom. The third-order valence-corrected chi connectivity index (χ3v) is 8.51. The molecule has 5 rings (SSSR count). The number of allylic oxidation sites excluding steroid dienone is 1. The number of aliphatic hydroxyl groups is 1. The number of halogens is 1. The Morgan fingerprint density at radius 2 is 1.74 bits per heavy atom. The lowest BCUT2D eigenvalue weighted by Crippen LogP contribution is -2.48. The molecule has 1 saturated heterocycles. The van der Waals surface area contributed by atoms with Gasteiger partial charge < -0.3 is 30.3 Å². The standard InChI is InChI=1S/C33H39ClN6O3.C2H6.CH5N/c1-22(2)37-10-12-38(13-11-37)27-8-9-28(31(42)18-27)36-32(23(3)19-35-4)25-17-29-33(43)40(15-14-39(29)20-25)30(21-41)24-6-5-7-26(34)16-24;2*1-2/h5-9,16-20,22,30,41-42H,4,10-15,21H2,1-3H3;1-2H3;2H2,1H3/b23-19-,36-32?;;. The molecular weight excluding hydrogens is 614 g/mol. The zero-order valence-corrected chi connectivity index (χ0v) is 29.3. The van der Waals surface area contributed by atoms with Gasteiger partial charge in [-0.05, 0) is 76.0 Å². The maximum absolute atomic E-state index is 13.7. The van der Waals surface area contributed by atoms with E-state index >= 15 is 0 Å². The summed E-state index contributed by atoms with van der Waals surface area (Å²) in [7, 11) is 1.50. The number of carbonyl (C=O) groups is 1. The number of nitrogens with zero attached hydrogens (tertiary/aromatic N) is 6. The first-order valence-corrected chi connectivity index (χ1v) is 16.6. The van der Waals surface area contributed by atoms with Crippen molar-refractivity contribution in [1.82, 2.24) is 14.4 Å². The summed E-state index contributed by atoms with van der Waals surface area (Å²) in [6.45, 7) is 18.4. The van der Waals surface area contributed by atoms with Gasteiger partial charge in [-0.25, -0.2) is 4.99 Å². The topological polar surface area (TPSA) is 123 Å². The molecule has 1 amide bonds. The summed E-state index contributed by atoms with van der Waals surface area (Å²) in [6.07, 6.45) is 3.51. The molecule has 0 spiro atoms. The Kier molecular flexibility index (Phi) is 14.2. The number of rotatable bonds is 9. The number of amides is 1. The smallest absolute Gasteiger partial charge is 0.271 e. The number of hydrogen-bond acceptors (Lipinski definition) is 8. The van der Waals surface area contributed by atoms with E-state index in [1.807, 2.05) is 55.8 Å². The fourth-order valence-corrected chi connectivity index (χ4v) is 6.06. The minimum atomic E-state index is -0.512. The van der Waals surface area contributed by atoms with Gasteiger partial charge in [-0.15, -0.1) is 0 Å². The summed E-state index contributed by atoms with van der Waals surface area (Å²) < 4.78 is 1.91. The van der Waals surface area contributed by atoms with Crippen LogP contribution in [0.5, 0.6) is 5.75 Å². The van der Waals surface area contributed by atoms with Gasteiger partial charge >= 0.3 is 0 Å². The lowest BCUT2D eigenvalue weighted by atomic mass is 10.0.